The van der Waals surface area contributed by atoms with Crippen LogP contribution in [0.2, 0.25) is 0 Å². The minimum Gasteiger partial charge on any atom is -0.288 e. The Hall–Kier alpha value is -1.36. The Kier molecular flexibility index (Phi) is 4.83. The molecule has 0 radical (unpaired) electrons. The second-order valence-corrected chi connectivity index (χ2v) is 4.15. The summed E-state index contributed by atoms with van der Waals surface area (Å²) < 4.78 is 0. The predicted octanol–water partition coefficient (Wildman–Crippen LogP) is 1.45. The van der Waals surface area contributed by atoms with E-state index in [9.17, 15) is 9.59 Å². The van der Waals surface area contributed by atoms with E-state index in [-0.39, 0.29) is 10.7 Å². The summed E-state index contributed by atoms with van der Waals surface area (Å²) in [6, 6.07) is 3.07. The molecule has 1 aromatic rings. The van der Waals surface area contributed by atoms with Crippen molar-refractivity contribution in [1.29, 1.82) is 0 Å². The lowest BCUT2D eigenvalue weighted by molar-refractivity contribution is -0.109. The van der Waals surface area contributed by atoms with Crippen molar-refractivity contribution >= 4 is 23.0 Å². The smallest absolute Gasteiger partial charge is 0.264 e. The first-order valence-corrected chi connectivity index (χ1v) is 5.52. The summed E-state index contributed by atoms with van der Waals surface area (Å²) in [4.78, 5) is 21.3. The highest BCUT2D eigenvalue weighted by Gasteiger charge is 1.91. The van der Waals surface area contributed by atoms with Crippen LogP contribution in [0.1, 0.15) is 19.0 Å². The van der Waals surface area contributed by atoms with E-state index in [2.05, 4.69) is 10.2 Å². The number of carbonyl (C=O) groups excluding carboxylic acids is 1. The number of nitrogens with one attached hydrogen (secondary N) is 1. The second-order valence-electron chi connectivity index (χ2n) is 2.88. The maximum absolute atomic E-state index is 10.7. The lowest BCUT2D eigenvalue weighted by Crippen LogP contribution is -2.05. The van der Waals surface area contributed by atoms with Gasteiger partial charge in [0.1, 0.15) is 0 Å². The molecule has 0 saturated carbocycles. The zero-order chi connectivity index (χ0) is 11.1. The molecule has 0 aliphatic carbocycles. The van der Waals surface area contributed by atoms with Crippen LogP contribution in [0.3, 0.4) is 0 Å². The Labute approximate surface area is 91.8 Å². The van der Waals surface area contributed by atoms with Crippen LogP contribution in [-0.4, -0.2) is 21.1 Å². The number of aromatic nitrogens is 2. The van der Waals surface area contributed by atoms with Crippen molar-refractivity contribution in [2.24, 2.45) is 0 Å². The third-order valence-electron chi connectivity index (χ3n) is 1.58. The Morgan fingerprint density at radius 3 is 3.00 bits per heavy atom. The summed E-state index contributed by atoms with van der Waals surface area (Å²) in [5, 5.41) is 6.29. The van der Waals surface area contributed by atoms with E-state index in [1.165, 1.54) is 17.8 Å². The van der Waals surface area contributed by atoms with Crippen molar-refractivity contribution in [3.05, 3.63) is 34.3 Å². The maximum Gasteiger partial charge on any atom is 0.264 e. The van der Waals surface area contributed by atoms with Gasteiger partial charge in [0.25, 0.3) is 5.56 Å². The van der Waals surface area contributed by atoms with Gasteiger partial charge in [-0.3, -0.25) is 9.59 Å². The third-order valence-corrected chi connectivity index (χ3v) is 2.43. The molecule has 0 aliphatic rings. The van der Waals surface area contributed by atoms with Gasteiger partial charge in [0.15, 0.2) is 5.12 Å². The molecular formula is C10H12N2O2S. The average molecular weight is 224 g/mol. The van der Waals surface area contributed by atoms with Gasteiger partial charge in [-0.1, -0.05) is 17.8 Å². The first-order chi connectivity index (χ1) is 7.18. The van der Waals surface area contributed by atoms with Gasteiger partial charge in [0.2, 0.25) is 0 Å². The molecular weight excluding hydrogens is 212 g/mol. The minimum absolute atomic E-state index is 0.130. The molecule has 0 unspecified atom stereocenters. The number of thioether (sulfide) groups is 1. The van der Waals surface area contributed by atoms with E-state index in [1.54, 1.807) is 13.0 Å². The fourth-order valence-electron chi connectivity index (χ4n) is 0.923. The van der Waals surface area contributed by atoms with Crippen LogP contribution < -0.4 is 5.56 Å². The molecule has 15 heavy (non-hydrogen) atoms. The Morgan fingerprint density at radius 1 is 1.60 bits per heavy atom. The third kappa shape index (κ3) is 5.17. The number of nitrogens with zero attached hydrogens (tertiary/aromatic N) is 1. The molecule has 0 saturated heterocycles. The number of allylic oxidation sites excluding steroid dienone is 1. The van der Waals surface area contributed by atoms with Crippen molar-refractivity contribution < 1.29 is 4.79 Å². The van der Waals surface area contributed by atoms with Crippen molar-refractivity contribution in [3.63, 3.8) is 0 Å². The van der Waals surface area contributed by atoms with Crippen LogP contribution >= 0.6 is 11.8 Å². The molecule has 0 atom stereocenters. The second kappa shape index (κ2) is 6.19. The lowest BCUT2D eigenvalue weighted by atomic mass is 10.3. The van der Waals surface area contributed by atoms with Crippen LogP contribution in [0, 0.1) is 0 Å². The molecule has 1 rings (SSSR count). The van der Waals surface area contributed by atoms with Crippen molar-refractivity contribution in [2.75, 3.05) is 5.75 Å². The highest BCUT2D eigenvalue weighted by atomic mass is 32.2. The average Bonchev–Trinajstić information content (AvgIpc) is 2.20. The first kappa shape index (κ1) is 11.7. The highest BCUT2D eigenvalue weighted by molar-refractivity contribution is 8.13. The molecule has 5 heteroatoms. The number of carbonyl (C=O) groups is 1. The molecule has 80 valence electrons. The number of rotatable bonds is 4. The molecule has 4 nitrogen and oxygen atoms in total. The first-order valence-electron chi connectivity index (χ1n) is 4.54. The molecule has 0 amide bonds. The van der Waals surface area contributed by atoms with Crippen molar-refractivity contribution in [1.82, 2.24) is 10.2 Å². The monoisotopic (exact) mass is 224 g/mol. The van der Waals surface area contributed by atoms with Crippen LogP contribution in [0.25, 0.3) is 6.08 Å². The van der Waals surface area contributed by atoms with E-state index < -0.39 is 0 Å². The highest BCUT2D eigenvalue weighted by Crippen LogP contribution is 2.04. The molecule has 1 aromatic heterocycles. The Morgan fingerprint density at radius 2 is 2.40 bits per heavy atom. The van der Waals surface area contributed by atoms with Crippen LogP contribution in [0.5, 0.6) is 0 Å². The number of hydrogen-bond donors (Lipinski definition) is 1. The molecule has 0 bridgehead atoms. The summed E-state index contributed by atoms with van der Waals surface area (Å²) in [5.74, 6) is 0.773. The number of hydrogen-bond acceptors (Lipinski definition) is 4. The topological polar surface area (TPSA) is 62.8 Å². The van der Waals surface area contributed by atoms with Crippen LogP contribution in [-0.2, 0) is 4.79 Å². The fourth-order valence-corrected chi connectivity index (χ4v) is 1.46. The quantitative estimate of drug-likeness (QED) is 0.786. The van der Waals surface area contributed by atoms with Gasteiger partial charge in [-0.15, -0.1) is 0 Å². The summed E-state index contributed by atoms with van der Waals surface area (Å²) in [7, 11) is 0. The van der Waals surface area contributed by atoms with E-state index in [4.69, 9.17) is 0 Å². The lowest BCUT2D eigenvalue weighted by Gasteiger charge is -1.92. The van der Waals surface area contributed by atoms with E-state index >= 15 is 0 Å². The van der Waals surface area contributed by atoms with Gasteiger partial charge in [-0.05, 0) is 18.6 Å². The largest absolute Gasteiger partial charge is 0.288 e. The predicted molar refractivity (Wildman–Crippen MR) is 61.6 cm³/mol. The van der Waals surface area contributed by atoms with E-state index in [1.807, 2.05) is 12.2 Å². The van der Waals surface area contributed by atoms with Gasteiger partial charge < -0.3 is 0 Å². The number of aromatic amines is 1. The van der Waals surface area contributed by atoms with Crippen LogP contribution in [0.15, 0.2) is 23.0 Å². The Bertz CT molecular complexity index is 392. The summed E-state index contributed by atoms with van der Waals surface area (Å²) in [6.45, 7) is 1.55. The molecule has 0 fully saturated rings. The van der Waals surface area contributed by atoms with Gasteiger partial charge >= 0.3 is 0 Å². The summed E-state index contributed by atoms with van der Waals surface area (Å²) >= 11 is 1.30. The number of H-pyrrole nitrogens is 1. The van der Waals surface area contributed by atoms with Gasteiger partial charge in [0, 0.05) is 18.7 Å². The molecule has 0 spiro atoms. The maximum atomic E-state index is 10.7. The SMILES string of the molecule is CC(=O)SCCC=Cc1ccc(=O)[nH]n1. The molecule has 0 aliphatic heterocycles. The standard InChI is InChI=1S/C10H12N2O2S/c1-8(13)15-7-3-2-4-9-5-6-10(14)12-11-9/h2,4-6H,3,7H2,1H3,(H,12,14). The van der Waals surface area contributed by atoms with Gasteiger partial charge in [0.05, 0.1) is 5.69 Å². The minimum atomic E-state index is -0.209. The molecule has 0 aromatic carbocycles. The van der Waals surface area contributed by atoms with Gasteiger partial charge in [-0.2, -0.15) is 5.10 Å². The van der Waals surface area contributed by atoms with E-state index in [0.29, 0.717) is 5.69 Å². The summed E-state index contributed by atoms with van der Waals surface area (Å²) in [5.41, 5.74) is 0.502. The Balaban J connectivity index is 2.35. The zero-order valence-electron chi connectivity index (χ0n) is 8.40. The zero-order valence-corrected chi connectivity index (χ0v) is 9.21. The molecule has 1 N–H and O–H groups in total. The van der Waals surface area contributed by atoms with Crippen molar-refractivity contribution in [2.45, 2.75) is 13.3 Å². The van der Waals surface area contributed by atoms with Gasteiger partial charge in [-0.25, -0.2) is 5.10 Å². The molecule has 1 heterocycles. The normalized spacial score (nSPS) is 10.7. The summed E-state index contributed by atoms with van der Waals surface area (Å²) in [6.07, 6.45) is 4.55. The van der Waals surface area contributed by atoms with Crippen molar-refractivity contribution in [3.8, 4) is 0 Å². The van der Waals surface area contributed by atoms with Crippen LogP contribution in [0.4, 0.5) is 0 Å². The van der Waals surface area contributed by atoms with E-state index in [0.717, 1.165) is 12.2 Å². The fraction of sp³-hybridized carbons (Fsp3) is 0.300.